The smallest absolute Gasteiger partial charge is 0.407 e. The van der Waals surface area contributed by atoms with Crippen LogP contribution in [0.25, 0.3) is 0 Å². The van der Waals surface area contributed by atoms with E-state index in [9.17, 15) is 9.59 Å². The molecule has 0 aliphatic rings. The van der Waals surface area contributed by atoms with E-state index in [1.54, 1.807) is 0 Å². The molecule has 2 atom stereocenters. The van der Waals surface area contributed by atoms with E-state index in [0.29, 0.717) is 6.54 Å². The molecule has 1 N–H and O–H groups in total. The van der Waals surface area contributed by atoms with Crippen LogP contribution >= 0.6 is 0 Å². The highest BCUT2D eigenvalue weighted by Crippen LogP contribution is 2.13. The van der Waals surface area contributed by atoms with Gasteiger partial charge in [0.15, 0.2) is 0 Å². The molecule has 0 aromatic heterocycles. The van der Waals surface area contributed by atoms with Gasteiger partial charge in [0.1, 0.15) is 6.04 Å². The Morgan fingerprint density at radius 2 is 1.80 bits per heavy atom. The number of unbranched alkanes of at least 4 members (excludes halogenated alkanes) is 1. The Balaban J connectivity index is 4.86. The monoisotopic (exact) mass is 286 g/mol. The molecule has 0 bridgehead atoms. The lowest BCUT2D eigenvalue weighted by Crippen LogP contribution is -2.53. The van der Waals surface area contributed by atoms with Crippen LogP contribution in [-0.4, -0.2) is 42.6 Å². The molecule has 0 rings (SSSR count). The predicted octanol–water partition coefficient (Wildman–Crippen LogP) is 2.79. The molecular formula is C15H30N2O3. The fourth-order valence-corrected chi connectivity index (χ4v) is 2.22. The summed E-state index contributed by atoms with van der Waals surface area (Å²) in [6.07, 6.45) is 2.64. The number of likely N-dealkylation sites (N-methyl/N-ethyl adjacent to an activating group) is 1. The number of rotatable bonds is 8. The Kier molecular flexibility index (Phi) is 9.01. The molecule has 118 valence electrons. The largest absolute Gasteiger partial charge is 0.453 e. The van der Waals surface area contributed by atoms with Crippen molar-refractivity contribution < 1.29 is 14.3 Å². The van der Waals surface area contributed by atoms with E-state index in [4.69, 9.17) is 0 Å². The van der Waals surface area contributed by atoms with Crippen LogP contribution in [0.15, 0.2) is 0 Å². The molecule has 0 radical (unpaired) electrons. The summed E-state index contributed by atoms with van der Waals surface area (Å²) < 4.78 is 4.60. The molecule has 0 aliphatic heterocycles. The van der Waals surface area contributed by atoms with Crippen molar-refractivity contribution in [1.82, 2.24) is 10.2 Å². The molecule has 0 saturated heterocycles. The number of methoxy groups -OCH3 is 1. The summed E-state index contributed by atoms with van der Waals surface area (Å²) in [4.78, 5) is 25.9. The lowest BCUT2D eigenvalue weighted by molar-refractivity contribution is -0.136. The van der Waals surface area contributed by atoms with E-state index in [2.05, 4.69) is 23.9 Å². The van der Waals surface area contributed by atoms with Gasteiger partial charge in [-0.3, -0.25) is 4.79 Å². The molecule has 0 saturated carbocycles. The minimum absolute atomic E-state index is 0.0222. The molecule has 0 heterocycles. The molecule has 2 amide bonds. The average molecular weight is 286 g/mol. The van der Waals surface area contributed by atoms with Crippen LogP contribution in [0.5, 0.6) is 0 Å². The second kappa shape index (κ2) is 9.61. The highest BCUT2D eigenvalue weighted by molar-refractivity contribution is 5.86. The topological polar surface area (TPSA) is 58.6 Å². The van der Waals surface area contributed by atoms with E-state index in [0.717, 1.165) is 19.3 Å². The number of nitrogens with one attached hydrogen (secondary N) is 1. The van der Waals surface area contributed by atoms with Crippen LogP contribution < -0.4 is 5.32 Å². The van der Waals surface area contributed by atoms with Crippen LogP contribution in [0, 0.1) is 5.92 Å². The number of amides is 2. The quantitative estimate of drug-likeness (QED) is 0.746. The summed E-state index contributed by atoms with van der Waals surface area (Å²) in [5, 5.41) is 2.64. The third-order valence-electron chi connectivity index (χ3n) is 3.52. The Bertz CT molecular complexity index is 305. The maximum Gasteiger partial charge on any atom is 0.407 e. The minimum Gasteiger partial charge on any atom is -0.453 e. The van der Waals surface area contributed by atoms with Crippen LogP contribution in [0.3, 0.4) is 0 Å². The van der Waals surface area contributed by atoms with Crippen molar-refractivity contribution in [3.8, 4) is 0 Å². The number of alkyl carbamates (subject to hydrolysis) is 1. The lowest BCUT2D eigenvalue weighted by atomic mass is 10.0. The van der Waals surface area contributed by atoms with Crippen molar-refractivity contribution in [1.29, 1.82) is 0 Å². The predicted molar refractivity (Wildman–Crippen MR) is 80.5 cm³/mol. The fraction of sp³-hybridized carbons (Fsp3) is 0.867. The highest BCUT2D eigenvalue weighted by Gasteiger charge is 2.30. The van der Waals surface area contributed by atoms with Gasteiger partial charge in [0.05, 0.1) is 7.11 Å². The fourth-order valence-electron chi connectivity index (χ4n) is 2.22. The Morgan fingerprint density at radius 1 is 1.20 bits per heavy atom. The number of nitrogens with zero attached hydrogens (tertiary/aromatic N) is 1. The van der Waals surface area contributed by atoms with E-state index < -0.39 is 12.1 Å². The van der Waals surface area contributed by atoms with Gasteiger partial charge in [0.25, 0.3) is 0 Å². The molecule has 20 heavy (non-hydrogen) atoms. The van der Waals surface area contributed by atoms with Gasteiger partial charge in [0, 0.05) is 12.6 Å². The highest BCUT2D eigenvalue weighted by atomic mass is 16.5. The summed E-state index contributed by atoms with van der Waals surface area (Å²) in [7, 11) is 1.30. The standard InChI is InChI=1S/C15H30N2O3/c1-7-9-10-12(5)17(8-2)14(18)13(11(3)4)16-15(19)20-6/h11-13H,7-10H2,1-6H3,(H,16,19)/t12-,13?/m0/s1. The number of carbonyl (C=O) groups is 2. The lowest BCUT2D eigenvalue weighted by Gasteiger charge is -2.33. The molecule has 0 fully saturated rings. The number of carbonyl (C=O) groups excluding carboxylic acids is 2. The Morgan fingerprint density at radius 3 is 2.20 bits per heavy atom. The maximum atomic E-state index is 12.6. The SMILES string of the molecule is CCCC[C@H](C)N(CC)C(=O)C(NC(=O)OC)C(C)C. The van der Waals surface area contributed by atoms with Gasteiger partial charge in [-0.15, -0.1) is 0 Å². The van der Waals surface area contributed by atoms with Gasteiger partial charge in [0.2, 0.25) is 5.91 Å². The van der Waals surface area contributed by atoms with Gasteiger partial charge in [-0.25, -0.2) is 4.79 Å². The minimum atomic E-state index is -0.561. The number of hydrogen-bond acceptors (Lipinski definition) is 3. The van der Waals surface area contributed by atoms with Crippen LogP contribution in [-0.2, 0) is 9.53 Å². The molecule has 0 spiro atoms. The number of hydrogen-bond donors (Lipinski definition) is 1. The van der Waals surface area contributed by atoms with Crippen molar-refractivity contribution in [3.63, 3.8) is 0 Å². The molecule has 0 aromatic carbocycles. The molecule has 1 unspecified atom stereocenters. The second-order valence-corrected chi connectivity index (χ2v) is 5.47. The van der Waals surface area contributed by atoms with Gasteiger partial charge in [-0.2, -0.15) is 0 Å². The van der Waals surface area contributed by atoms with Crippen LogP contribution in [0.4, 0.5) is 4.79 Å². The third kappa shape index (κ3) is 5.80. The second-order valence-electron chi connectivity index (χ2n) is 5.47. The molecule has 5 heteroatoms. The molecular weight excluding hydrogens is 256 g/mol. The summed E-state index contributed by atoms with van der Waals surface area (Å²) in [6.45, 7) is 10.7. The van der Waals surface area contributed by atoms with Gasteiger partial charge >= 0.3 is 6.09 Å². The van der Waals surface area contributed by atoms with Crippen molar-refractivity contribution in [2.24, 2.45) is 5.92 Å². The van der Waals surface area contributed by atoms with E-state index in [1.807, 2.05) is 25.7 Å². The summed E-state index contributed by atoms with van der Waals surface area (Å²) in [5.41, 5.74) is 0. The average Bonchev–Trinajstić information content (AvgIpc) is 2.42. The zero-order valence-electron chi connectivity index (χ0n) is 13.7. The first-order chi connectivity index (χ1) is 9.38. The first-order valence-electron chi connectivity index (χ1n) is 7.53. The number of ether oxygens (including phenoxy) is 1. The molecule has 5 nitrogen and oxygen atoms in total. The first-order valence-corrected chi connectivity index (χ1v) is 7.53. The third-order valence-corrected chi connectivity index (χ3v) is 3.52. The van der Waals surface area contributed by atoms with Gasteiger partial charge in [-0.1, -0.05) is 33.6 Å². The Labute approximate surface area is 123 Å². The van der Waals surface area contributed by atoms with Crippen molar-refractivity contribution in [2.45, 2.75) is 66.0 Å². The van der Waals surface area contributed by atoms with E-state index >= 15 is 0 Å². The van der Waals surface area contributed by atoms with Crippen molar-refractivity contribution in [3.05, 3.63) is 0 Å². The van der Waals surface area contributed by atoms with Gasteiger partial charge < -0.3 is 15.0 Å². The summed E-state index contributed by atoms with van der Waals surface area (Å²) >= 11 is 0. The zero-order chi connectivity index (χ0) is 15.7. The Hall–Kier alpha value is -1.26. The molecule has 0 aliphatic carbocycles. The van der Waals surface area contributed by atoms with Crippen LogP contribution in [0.2, 0.25) is 0 Å². The normalized spacial score (nSPS) is 13.8. The van der Waals surface area contributed by atoms with Crippen molar-refractivity contribution in [2.75, 3.05) is 13.7 Å². The van der Waals surface area contributed by atoms with Gasteiger partial charge in [-0.05, 0) is 26.2 Å². The van der Waals surface area contributed by atoms with Crippen LogP contribution in [0.1, 0.15) is 53.9 Å². The van der Waals surface area contributed by atoms with Crippen molar-refractivity contribution >= 4 is 12.0 Å². The maximum absolute atomic E-state index is 12.6. The zero-order valence-corrected chi connectivity index (χ0v) is 13.7. The first kappa shape index (κ1) is 18.7. The van der Waals surface area contributed by atoms with E-state index in [-0.39, 0.29) is 17.9 Å². The van der Waals surface area contributed by atoms with E-state index in [1.165, 1.54) is 7.11 Å². The molecule has 0 aromatic rings. The summed E-state index contributed by atoms with van der Waals surface area (Å²) in [5.74, 6) is -0.00877. The summed E-state index contributed by atoms with van der Waals surface area (Å²) in [6, 6.07) is -0.348.